The molecule has 9 heteroatoms. The van der Waals surface area contributed by atoms with Crippen LogP contribution in [-0.4, -0.2) is 31.6 Å². The molecular formula is C22H20Cl2N2O5. The van der Waals surface area contributed by atoms with Gasteiger partial charge in [-0.25, -0.2) is 4.79 Å². The van der Waals surface area contributed by atoms with E-state index in [4.69, 9.17) is 37.4 Å². The van der Waals surface area contributed by atoms with Crippen molar-refractivity contribution in [2.45, 2.75) is 19.9 Å². The number of carbonyl (C=O) groups excluding carboxylic acids is 2. The number of methoxy groups -OCH3 is 1. The lowest BCUT2D eigenvalue weighted by molar-refractivity contribution is -0.136. The lowest BCUT2D eigenvalue weighted by atomic mass is 10.1. The second-order valence-corrected chi connectivity index (χ2v) is 7.39. The van der Waals surface area contributed by atoms with E-state index in [1.165, 1.54) is 31.4 Å². The highest BCUT2D eigenvalue weighted by Gasteiger charge is 2.14. The van der Waals surface area contributed by atoms with Crippen molar-refractivity contribution < 1.29 is 23.8 Å². The fourth-order valence-electron chi connectivity index (χ4n) is 2.39. The summed E-state index contributed by atoms with van der Waals surface area (Å²) in [6.45, 7) is 3.19. The van der Waals surface area contributed by atoms with Crippen molar-refractivity contribution >= 4 is 41.2 Å². The number of benzene rings is 2. The summed E-state index contributed by atoms with van der Waals surface area (Å²) in [5.41, 5.74) is 0.460. The molecule has 7 nitrogen and oxygen atoms in total. The third kappa shape index (κ3) is 7.21. The van der Waals surface area contributed by atoms with Gasteiger partial charge >= 0.3 is 5.97 Å². The molecular weight excluding hydrogens is 443 g/mol. The fraction of sp³-hybridized carbons (Fsp3) is 0.227. The lowest BCUT2D eigenvalue weighted by Gasteiger charge is -2.12. The van der Waals surface area contributed by atoms with Crippen LogP contribution in [0.25, 0.3) is 6.08 Å². The Balaban J connectivity index is 2.11. The minimum atomic E-state index is -0.688. The Kier molecular flexibility index (Phi) is 8.74. The Hall–Kier alpha value is -3.21. The maximum absolute atomic E-state index is 12.2. The minimum Gasteiger partial charge on any atom is -0.493 e. The summed E-state index contributed by atoms with van der Waals surface area (Å²) in [7, 11) is 1.40. The number of halogens is 2. The van der Waals surface area contributed by atoms with Crippen molar-refractivity contribution in [3.8, 4) is 23.3 Å². The van der Waals surface area contributed by atoms with Crippen LogP contribution >= 0.6 is 23.2 Å². The number of hydrogen-bond acceptors (Lipinski definition) is 6. The van der Waals surface area contributed by atoms with E-state index in [9.17, 15) is 14.9 Å². The first kappa shape index (κ1) is 24.1. The van der Waals surface area contributed by atoms with Gasteiger partial charge in [0.15, 0.2) is 18.1 Å². The highest BCUT2D eigenvalue weighted by Crippen LogP contribution is 2.30. The molecule has 31 heavy (non-hydrogen) atoms. The van der Waals surface area contributed by atoms with Gasteiger partial charge in [-0.2, -0.15) is 5.26 Å². The van der Waals surface area contributed by atoms with Crippen LogP contribution in [0.5, 0.6) is 17.2 Å². The third-order valence-electron chi connectivity index (χ3n) is 3.75. The molecule has 0 aliphatic rings. The standard InChI is InChI=1S/C22H20Cl2N2O5/c1-13(2)26-22(28)15(11-25)8-14-4-7-18(20(9-14)29-3)31-21(27)12-30-19-10-16(23)5-6-17(19)24/h4-10,13H,12H2,1-3H3,(H,26,28)/b15-8+. The minimum absolute atomic E-state index is 0.0627. The quantitative estimate of drug-likeness (QED) is 0.270. The van der Waals surface area contributed by atoms with E-state index >= 15 is 0 Å². The fourth-order valence-corrected chi connectivity index (χ4v) is 2.72. The topological polar surface area (TPSA) is 97.6 Å². The van der Waals surface area contributed by atoms with Crippen LogP contribution in [0.2, 0.25) is 10.0 Å². The van der Waals surface area contributed by atoms with Crippen molar-refractivity contribution in [1.29, 1.82) is 5.26 Å². The molecule has 162 valence electrons. The van der Waals surface area contributed by atoms with E-state index < -0.39 is 18.5 Å². The molecule has 0 bridgehead atoms. The normalized spacial score (nSPS) is 10.9. The maximum atomic E-state index is 12.2. The molecule has 0 atom stereocenters. The number of nitrogens with one attached hydrogen (secondary N) is 1. The first-order valence-electron chi connectivity index (χ1n) is 9.12. The Labute approximate surface area is 190 Å². The molecule has 0 aliphatic heterocycles. The van der Waals surface area contributed by atoms with Gasteiger partial charge in [-0.1, -0.05) is 29.3 Å². The predicted molar refractivity (Wildman–Crippen MR) is 117 cm³/mol. The van der Waals surface area contributed by atoms with Gasteiger partial charge in [0.05, 0.1) is 12.1 Å². The summed E-state index contributed by atoms with van der Waals surface area (Å²) in [5.74, 6) is -0.530. The smallest absolute Gasteiger partial charge is 0.349 e. The van der Waals surface area contributed by atoms with Gasteiger partial charge in [-0.3, -0.25) is 4.79 Å². The highest BCUT2D eigenvalue weighted by atomic mass is 35.5. The van der Waals surface area contributed by atoms with Crippen molar-refractivity contribution in [1.82, 2.24) is 5.32 Å². The number of rotatable bonds is 8. The van der Waals surface area contributed by atoms with Crippen molar-refractivity contribution in [2.24, 2.45) is 0 Å². The number of nitriles is 1. The molecule has 0 saturated heterocycles. The molecule has 0 saturated carbocycles. The zero-order valence-electron chi connectivity index (χ0n) is 17.1. The molecule has 2 aromatic rings. The monoisotopic (exact) mass is 462 g/mol. The van der Waals surface area contributed by atoms with Crippen LogP contribution in [-0.2, 0) is 9.59 Å². The number of nitrogens with zero attached hydrogens (tertiary/aromatic N) is 1. The van der Waals surface area contributed by atoms with Gasteiger partial charge in [0.2, 0.25) is 0 Å². The molecule has 0 spiro atoms. The van der Waals surface area contributed by atoms with Crippen LogP contribution in [0.3, 0.4) is 0 Å². The van der Waals surface area contributed by atoms with E-state index in [-0.39, 0.29) is 28.9 Å². The van der Waals surface area contributed by atoms with E-state index in [1.807, 2.05) is 6.07 Å². The molecule has 0 aromatic heterocycles. The van der Waals surface area contributed by atoms with Gasteiger partial charge in [0.25, 0.3) is 5.91 Å². The second kappa shape index (κ2) is 11.3. The first-order valence-corrected chi connectivity index (χ1v) is 9.88. The van der Waals surface area contributed by atoms with Gasteiger partial charge in [0.1, 0.15) is 17.4 Å². The summed E-state index contributed by atoms with van der Waals surface area (Å²) < 4.78 is 15.9. The number of hydrogen-bond donors (Lipinski definition) is 1. The summed E-state index contributed by atoms with van der Waals surface area (Å²) in [4.78, 5) is 24.2. The Bertz CT molecular complexity index is 1040. The van der Waals surface area contributed by atoms with Crippen LogP contribution in [0.15, 0.2) is 42.0 Å². The molecule has 0 unspecified atom stereocenters. The average Bonchev–Trinajstić information content (AvgIpc) is 2.72. The molecule has 0 fully saturated rings. The van der Waals surface area contributed by atoms with E-state index in [0.29, 0.717) is 15.6 Å². The molecule has 2 aromatic carbocycles. The van der Waals surface area contributed by atoms with Gasteiger partial charge in [-0.15, -0.1) is 0 Å². The summed E-state index contributed by atoms with van der Waals surface area (Å²) >= 11 is 11.9. The van der Waals surface area contributed by atoms with Crippen LogP contribution in [0.1, 0.15) is 19.4 Å². The van der Waals surface area contributed by atoms with E-state index in [1.54, 1.807) is 32.0 Å². The molecule has 0 aliphatic carbocycles. The molecule has 1 amide bonds. The third-order valence-corrected chi connectivity index (χ3v) is 4.29. The molecule has 2 rings (SSSR count). The Morgan fingerprint density at radius 3 is 2.52 bits per heavy atom. The largest absolute Gasteiger partial charge is 0.493 e. The zero-order valence-corrected chi connectivity index (χ0v) is 18.6. The summed E-state index contributed by atoms with van der Waals surface area (Å²) in [6.07, 6.45) is 1.41. The van der Waals surface area contributed by atoms with Crippen LogP contribution < -0.4 is 19.5 Å². The molecule has 0 heterocycles. The van der Waals surface area contributed by atoms with Crippen molar-refractivity contribution in [3.05, 3.63) is 57.6 Å². The first-order chi connectivity index (χ1) is 14.7. The Morgan fingerprint density at radius 1 is 1.13 bits per heavy atom. The van der Waals surface area contributed by atoms with Crippen molar-refractivity contribution in [3.63, 3.8) is 0 Å². The summed E-state index contributed by atoms with van der Waals surface area (Å²) in [6, 6.07) is 11.0. The second-order valence-electron chi connectivity index (χ2n) is 6.55. The SMILES string of the molecule is COc1cc(/C=C(\C#N)C(=O)NC(C)C)ccc1OC(=O)COc1cc(Cl)ccc1Cl. The van der Waals surface area contributed by atoms with Gasteiger partial charge < -0.3 is 19.5 Å². The zero-order chi connectivity index (χ0) is 23.0. The van der Waals surface area contributed by atoms with Crippen LogP contribution in [0.4, 0.5) is 0 Å². The average molecular weight is 463 g/mol. The number of amides is 1. The number of esters is 1. The van der Waals surface area contributed by atoms with E-state index in [2.05, 4.69) is 5.32 Å². The highest BCUT2D eigenvalue weighted by molar-refractivity contribution is 6.34. The van der Waals surface area contributed by atoms with Gasteiger partial charge in [0, 0.05) is 17.1 Å². The number of carbonyl (C=O) groups is 2. The maximum Gasteiger partial charge on any atom is 0.349 e. The van der Waals surface area contributed by atoms with E-state index in [0.717, 1.165) is 0 Å². The molecule has 1 N–H and O–H groups in total. The Morgan fingerprint density at radius 2 is 1.87 bits per heavy atom. The predicted octanol–water partition coefficient (Wildman–Crippen LogP) is 4.42. The molecule has 0 radical (unpaired) electrons. The number of ether oxygens (including phenoxy) is 3. The lowest BCUT2D eigenvalue weighted by Crippen LogP contribution is -2.30. The van der Waals surface area contributed by atoms with Crippen molar-refractivity contribution in [2.75, 3.05) is 13.7 Å². The summed E-state index contributed by atoms with van der Waals surface area (Å²) in [5, 5.41) is 12.6. The van der Waals surface area contributed by atoms with Gasteiger partial charge in [-0.05, 0) is 49.8 Å². The van der Waals surface area contributed by atoms with Crippen LogP contribution in [0, 0.1) is 11.3 Å².